The van der Waals surface area contributed by atoms with Gasteiger partial charge in [0.1, 0.15) is 0 Å². The first-order chi connectivity index (χ1) is 12.5. The maximum Gasteiger partial charge on any atom is 0.244 e. The summed E-state index contributed by atoms with van der Waals surface area (Å²) in [6, 6.07) is 7.27. The molecule has 2 fully saturated rings. The molecule has 28 heavy (non-hydrogen) atoms. The van der Waals surface area contributed by atoms with Crippen LogP contribution < -0.4 is 16.4 Å². The molecule has 0 spiro atoms. The van der Waals surface area contributed by atoms with E-state index in [2.05, 4.69) is 15.5 Å². The molecule has 2 aliphatic rings. The number of hydrogen-bond acceptors (Lipinski definition) is 4. The van der Waals surface area contributed by atoms with Crippen molar-refractivity contribution in [2.75, 3.05) is 30.3 Å². The van der Waals surface area contributed by atoms with Crippen LogP contribution in [0, 0.1) is 0 Å². The van der Waals surface area contributed by atoms with E-state index in [-0.39, 0.29) is 36.6 Å². The summed E-state index contributed by atoms with van der Waals surface area (Å²) in [5.41, 5.74) is 6.80. The molecule has 0 atom stereocenters. The van der Waals surface area contributed by atoms with Crippen LogP contribution in [0.3, 0.4) is 0 Å². The van der Waals surface area contributed by atoms with E-state index >= 15 is 0 Å². The number of carbonyl (C=O) groups is 2. The van der Waals surface area contributed by atoms with Gasteiger partial charge in [-0.25, -0.2) is 0 Å². The molecule has 0 unspecified atom stereocenters. The largest absolute Gasteiger partial charge is 0.325 e. The van der Waals surface area contributed by atoms with Crippen molar-refractivity contribution in [1.29, 1.82) is 0 Å². The van der Waals surface area contributed by atoms with Crippen LogP contribution in [0.4, 0.5) is 11.4 Å². The summed E-state index contributed by atoms with van der Waals surface area (Å²) in [5.74, 6) is -0.149. The second-order valence-corrected chi connectivity index (χ2v) is 7.64. The summed E-state index contributed by atoms with van der Waals surface area (Å²) in [6.45, 7) is 2.40. The van der Waals surface area contributed by atoms with Gasteiger partial charge in [-0.15, -0.1) is 24.8 Å². The maximum atomic E-state index is 12.4. The molecule has 158 valence electrons. The van der Waals surface area contributed by atoms with Crippen LogP contribution in [-0.4, -0.2) is 41.9 Å². The topological polar surface area (TPSA) is 87.5 Å². The first-order valence-electron chi connectivity index (χ1n) is 9.78. The second kappa shape index (κ2) is 11.6. The highest BCUT2D eigenvalue weighted by atomic mass is 35.5. The van der Waals surface area contributed by atoms with Crippen molar-refractivity contribution < 1.29 is 9.59 Å². The third-order valence-corrected chi connectivity index (χ3v) is 5.42. The number of hydrogen-bond donors (Lipinski definition) is 3. The van der Waals surface area contributed by atoms with E-state index in [4.69, 9.17) is 5.73 Å². The Morgan fingerprint density at radius 1 is 0.929 bits per heavy atom. The quantitative estimate of drug-likeness (QED) is 0.666. The van der Waals surface area contributed by atoms with Crippen LogP contribution in [0.2, 0.25) is 0 Å². The van der Waals surface area contributed by atoms with Crippen LogP contribution in [0.5, 0.6) is 0 Å². The third-order valence-electron chi connectivity index (χ3n) is 5.42. The third kappa shape index (κ3) is 6.92. The summed E-state index contributed by atoms with van der Waals surface area (Å²) < 4.78 is 0. The lowest BCUT2D eigenvalue weighted by atomic mass is 9.98. The van der Waals surface area contributed by atoms with Gasteiger partial charge in [0.25, 0.3) is 0 Å². The average Bonchev–Trinajstić information content (AvgIpc) is 2.90. The van der Waals surface area contributed by atoms with E-state index in [0.29, 0.717) is 17.9 Å². The smallest absolute Gasteiger partial charge is 0.244 e. The van der Waals surface area contributed by atoms with Gasteiger partial charge in [-0.1, -0.05) is 31.7 Å². The highest BCUT2D eigenvalue weighted by Gasteiger charge is 2.36. The molecule has 6 nitrogen and oxygen atoms in total. The Morgan fingerprint density at radius 3 is 2.11 bits per heavy atom. The number of nitrogens with two attached hydrogens (primary N) is 1. The Balaban J connectivity index is 0.00000196. The van der Waals surface area contributed by atoms with Crippen LogP contribution in [0.15, 0.2) is 24.3 Å². The van der Waals surface area contributed by atoms with Crippen molar-refractivity contribution >= 4 is 48.0 Å². The molecular weight excluding hydrogens is 399 g/mol. The zero-order valence-corrected chi connectivity index (χ0v) is 17.9. The lowest BCUT2D eigenvalue weighted by molar-refractivity contribution is -0.121. The fraction of sp³-hybridized carbons (Fsp3) is 0.600. The van der Waals surface area contributed by atoms with Crippen molar-refractivity contribution in [2.24, 2.45) is 5.73 Å². The lowest BCUT2D eigenvalue weighted by Crippen LogP contribution is -2.48. The van der Waals surface area contributed by atoms with Crippen LogP contribution in [-0.2, 0) is 9.59 Å². The van der Waals surface area contributed by atoms with E-state index in [9.17, 15) is 9.59 Å². The molecule has 1 aromatic carbocycles. The molecule has 8 heteroatoms. The summed E-state index contributed by atoms with van der Waals surface area (Å²) in [4.78, 5) is 27.0. The average molecular weight is 431 g/mol. The number of anilines is 2. The van der Waals surface area contributed by atoms with Crippen LogP contribution >= 0.6 is 24.8 Å². The van der Waals surface area contributed by atoms with Gasteiger partial charge in [0, 0.05) is 11.4 Å². The Morgan fingerprint density at radius 2 is 1.50 bits per heavy atom. The predicted molar refractivity (Wildman–Crippen MR) is 118 cm³/mol. The number of nitrogens with one attached hydrogen (secondary N) is 2. The molecule has 1 heterocycles. The Labute approximate surface area is 179 Å². The molecule has 3 rings (SSSR count). The number of carbonyl (C=O) groups excluding carboxylic acids is 2. The summed E-state index contributed by atoms with van der Waals surface area (Å²) in [5, 5.41) is 5.84. The normalized spacial score (nSPS) is 18.9. The van der Waals surface area contributed by atoms with Gasteiger partial charge in [0.2, 0.25) is 11.8 Å². The fourth-order valence-corrected chi connectivity index (χ4v) is 3.86. The number of benzene rings is 1. The Bertz CT molecular complexity index is 643. The first kappa shape index (κ1) is 24.7. The molecule has 2 amide bonds. The standard InChI is InChI=1S/C20H30N4O2.2ClH/c21-20(10-3-4-11-20)19(26)23-17-9-7-8-16(14-17)22-18(25)15-24-12-5-1-2-6-13-24;;/h7-9,14H,1-6,10-13,15,21H2,(H,22,25)(H,23,26);2*1H. The zero-order valence-electron chi connectivity index (χ0n) is 16.2. The summed E-state index contributed by atoms with van der Waals surface area (Å²) in [6.07, 6.45) is 8.28. The number of nitrogens with zero attached hydrogens (tertiary/aromatic N) is 1. The van der Waals surface area contributed by atoms with Gasteiger partial charge in [-0.05, 0) is 57.0 Å². The SMILES string of the molecule is Cl.Cl.NC1(C(=O)Nc2cccc(NC(=O)CN3CCCCCC3)c2)CCCC1. The van der Waals surface area contributed by atoms with Gasteiger partial charge in [0.05, 0.1) is 12.1 Å². The molecule has 1 saturated carbocycles. The van der Waals surface area contributed by atoms with Gasteiger partial charge >= 0.3 is 0 Å². The molecule has 1 aliphatic carbocycles. The van der Waals surface area contributed by atoms with E-state index in [1.807, 2.05) is 18.2 Å². The van der Waals surface area contributed by atoms with Crippen molar-refractivity contribution in [3.63, 3.8) is 0 Å². The van der Waals surface area contributed by atoms with Crippen molar-refractivity contribution in [3.8, 4) is 0 Å². The van der Waals surface area contributed by atoms with Crippen molar-refractivity contribution in [3.05, 3.63) is 24.3 Å². The van der Waals surface area contributed by atoms with Crippen LogP contribution in [0.25, 0.3) is 0 Å². The highest BCUT2D eigenvalue weighted by Crippen LogP contribution is 2.28. The lowest BCUT2D eigenvalue weighted by Gasteiger charge is -2.22. The van der Waals surface area contributed by atoms with Gasteiger partial charge < -0.3 is 16.4 Å². The monoisotopic (exact) mass is 430 g/mol. The van der Waals surface area contributed by atoms with E-state index in [1.54, 1.807) is 6.07 Å². The number of rotatable bonds is 5. The molecule has 0 aromatic heterocycles. The first-order valence-corrected chi connectivity index (χ1v) is 9.78. The fourth-order valence-electron chi connectivity index (χ4n) is 3.86. The number of amides is 2. The molecular formula is C20H32Cl2N4O2. The van der Waals surface area contributed by atoms with Crippen molar-refractivity contribution in [2.45, 2.75) is 56.9 Å². The molecule has 1 saturated heterocycles. The molecule has 0 bridgehead atoms. The summed E-state index contributed by atoms with van der Waals surface area (Å²) >= 11 is 0. The molecule has 0 radical (unpaired) electrons. The van der Waals surface area contributed by atoms with Crippen LogP contribution in [0.1, 0.15) is 51.4 Å². The van der Waals surface area contributed by atoms with Gasteiger partial charge in [-0.2, -0.15) is 0 Å². The molecule has 1 aromatic rings. The number of likely N-dealkylation sites (tertiary alicyclic amines) is 1. The van der Waals surface area contributed by atoms with E-state index < -0.39 is 5.54 Å². The summed E-state index contributed by atoms with van der Waals surface area (Å²) in [7, 11) is 0. The minimum atomic E-state index is -0.758. The van der Waals surface area contributed by atoms with E-state index in [0.717, 1.165) is 51.6 Å². The van der Waals surface area contributed by atoms with Crippen molar-refractivity contribution in [1.82, 2.24) is 4.90 Å². The minimum Gasteiger partial charge on any atom is -0.325 e. The second-order valence-electron chi connectivity index (χ2n) is 7.64. The Kier molecular flexibility index (Phi) is 10.2. The minimum absolute atomic E-state index is 0. The van der Waals surface area contributed by atoms with E-state index in [1.165, 1.54) is 12.8 Å². The number of halogens is 2. The van der Waals surface area contributed by atoms with Gasteiger partial charge in [-0.3, -0.25) is 14.5 Å². The molecule has 4 N–H and O–H groups in total. The Hall–Kier alpha value is -1.34. The highest BCUT2D eigenvalue weighted by molar-refractivity contribution is 5.99. The maximum absolute atomic E-state index is 12.4. The van der Waals surface area contributed by atoms with Gasteiger partial charge in [0.15, 0.2) is 0 Å². The molecule has 1 aliphatic heterocycles. The predicted octanol–water partition coefficient (Wildman–Crippen LogP) is 3.55. The zero-order chi connectivity index (χ0) is 18.4.